The smallest absolute Gasteiger partial charge is 0.418 e. The summed E-state index contributed by atoms with van der Waals surface area (Å²) in [6.45, 7) is 6.44. The Balaban J connectivity index is 1.48. The molecule has 3 aliphatic rings. The van der Waals surface area contributed by atoms with Gasteiger partial charge in [-0.2, -0.15) is 13.5 Å². The molecule has 13 heteroatoms. The number of nitrogens with one attached hydrogen (secondary N) is 1. The van der Waals surface area contributed by atoms with Crippen LogP contribution in [0.15, 0.2) is 0 Å². The fourth-order valence-electron chi connectivity index (χ4n) is 3.75. The van der Waals surface area contributed by atoms with Crippen LogP contribution in [0.4, 0.5) is 9.59 Å². The Kier molecular flexibility index (Phi) is 5.66. The van der Waals surface area contributed by atoms with Gasteiger partial charge in [0.2, 0.25) is 5.91 Å². The highest BCUT2D eigenvalue weighted by atomic mass is 32.3. The van der Waals surface area contributed by atoms with Gasteiger partial charge in [0.15, 0.2) is 0 Å². The third-order valence-corrected chi connectivity index (χ3v) is 5.36. The molecule has 0 saturated carbocycles. The molecule has 29 heavy (non-hydrogen) atoms. The van der Waals surface area contributed by atoms with Gasteiger partial charge in [-0.15, -0.1) is 4.28 Å². The van der Waals surface area contributed by atoms with Crippen molar-refractivity contribution in [1.29, 1.82) is 0 Å². The van der Waals surface area contributed by atoms with Crippen molar-refractivity contribution in [3.8, 4) is 0 Å². The zero-order chi connectivity index (χ0) is 21.6. The third kappa shape index (κ3) is 5.08. The number of rotatable bonds is 4. The summed E-state index contributed by atoms with van der Waals surface area (Å²) in [4.78, 5) is 39.7. The SMILES string of the molecule is CC(C)(C)OC(=O)N1CCC(NC(=O)[C@@H]2C[C@@H]3CN2C(=O)N3OS(=O)(=O)O)CC1. The molecule has 12 nitrogen and oxygen atoms in total. The number of nitrogens with zero attached hydrogens (tertiary/aromatic N) is 3. The molecule has 3 aliphatic heterocycles. The average Bonchev–Trinajstić information content (AvgIpc) is 3.13. The van der Waals surface area contributed by atoms with E-state index in [-0.39, 0.29) is 31.0 Å². The minimum absolute atomic E-state index is 0.137. The van der Waals surface area contributed by atoms with Gasteiger partial charge in [0.25, 0.3) is 0 Å². The summed E-state index contributed by atoms with van der Waals surface area (Å²) >= 11 is 0. The lowest BCUT2D eigenvalue weighted by Crippen LogP contribution is -2.55. The minimum atomic E-state index is -4.81. The zero-order valence-electron chi connectivity index (χ0n) is 16.5. The number of hydrogen-bond donors (Lipinski definition) is 2. The largest absolute Gasteiger partial charge is 0.444 e. The molecular formula is C16H26N4O8S. The van der Waals surface area contributed by atoms with Gasteiger partial charge in [0.05, 0.1) is 6.04 Å². The highest BCUT2D eigenvalue weighted by molar-refractivity contribution is 7.80. The van der Waals surface area contributed by atoms with E-state index in [0.717, 1.165) is 0 Å². The summed E-state index contributed by atoms with van der Waals surface area (Å²) in [5, 5.41) is 3.48. The van der Waals surface area contributed by atoms with Gasteiger partial charge in [-0.05, 0) is 33.6 Å². The third-order valence-electron chi connectivity index (χ3n) is 5.02. The van der Waals surface area contributed by atoms with Crippen LogP contribution in [0.25, 0.3) is 0 Å². The molecule has 2 N–H and O–H groups in total. The molecule has 164 valence electrons. The van der Waals surface area contributed by atoms with E-state index in [4.69, 9.17) is 9.29 Å². The molecule has 3 heterocycles. The standard InChI is InChI=1S/C16H26N4O8S/c1-16(2,3)27-15(23)18-6-4-10(5-7-18)17-13(21)12-8-11-9-19(12)14(22)20(11)28-29(24,25)26/h10-12H,4-9H2,1-3H3,(H,17,21)(H,24,25,26)/t11-,12+/m1/s1. The molecular weight excluding hydrogens is 408 g/mol. The van der Waals surface area contributed by atoms with Crippen LogP contribution in [0.5, 0.6) is 0 Å². The van der Waals surface area contributed by atoms with E-state index < -0.39 is 34.1 Å². The number of carbonyl (C=O) groups is 3. The quantitative estimate of drug-likeness (QED) is 0.593. The second-order valence-corrected chi connectivity index (χ2v) is 9.42. The first kappa shape index (κ1) is 21.6. The van der Waals surface area contributed by atoms with E-state index in [1.165, 1.54) is 4.90 Å². The van der Waals surface area contributed by atoms with Crippen molar-refractivity contribution in [2.75, 3.05) is 19.6 Å². The summed E-state index contributed by atoms with van der Waals surface area (Å²) in [7, 11) is -4.81. The van der Waals surface area contributed by atoms with Crippen LogP contribution in [0.1, 0.15) is 40.0 Å². The van der Waals surface area contributed by atoms with Crippen molar-refractivity contribution in [3.63, 3.8) is 0 Å². The van der Waals surface area contributed by atoms with E-state index in [1.807, 2.05) is 0 Å². The Hall–Kier alpha value is -2.12. The van der Waals surface area contributed by atoms with E-state index in [1.54, 1.807) is 25.7 Å². The fourth-order valence-corrected chi connectivity index (χ4v) is 4.14. The molecule has 0 unspecified atom stereocenters. The molecule has 3 fully saturated rings. The molecule has 3 saturated heterocycles. The number of amides is 4. The minimum Gasteiger partial charge on any atom is -0.444 e. The molecule has 0 aliphatic carbocycles. The molecule has 0 spiro atoms. The number of hydrogen-bond acceptors (Lipinski definition) is 7. The van der Waals surface area contributed by atoms with E-state index >= 15 is 0 Å². The number of likely N-dealkylation sites (tertiary alicyclic amines) is 1. The number of fused-ring (bicyclic) bond motifs is 2. The summed E-state index contributed by atoms with van der Waals surface area (Å²) in [6, 6.07) is -2.27. The van der Waals surface area contributed by atoms with Crippen molar-refractivity contribution >= 4 is 28.4 Å². The first-order chi connectivity index (χ1) is 13.3. The van der Waals surface area contributed by atoms with Crippen molar-refractivity contribution < 1.29 is 36.4 Å². The molecule has 0 aromatic heterocycles. The predicted molar refractivity (Wildman–Crippen MR) is 97.7 cm³/mol. The second kappa shape index (κ2) is 7.61. The fraction of sp³-hybridized carbons (Fsp3) is 0.812. The monoisotopic (exact) mass is 434 g/mol. The van der Waals surface area contributed by atoms with E-state index in [0.29, 0.717) is 31.0 Å². The van der Waals surface area contributed by atoms with E-state index in [2.05, 4.69) is 9.60 Å². The first-order valence-corrected chi connectivity index (χ1v) is 10.8. The lowest BCUT2D eigenvalue weighted by molar-refractivity contribution is -0.127. The Bertz CT molecular complexity index is 787. The Morgan fingerprint density at radius 3 is 2.34 bits per heavy atom. The Morgan fingerprint density at radius 1 is 1.21 bits per heavy atom. The van der Waals surface area contributed by atoms with Crippen LogP contribution in [0, 0.1) is 0 Å². The lowest BCUT2D eigenvalue weighted by atomic mass is 10.0. The molecule has 0 aromatic carbocycles. The molecule has 4 amide bonds. The number of carbonyl (C=O) groups excluding carboxylic acids is 3. The molecule has 2 atom stereocenters. The van der Waals surface area contributed by atoms with Crippen LogP contribution in [0.3, 0.4) is 0 Å². The van der Waals surface area contributed by atoms with Crippen LogP contribution in [-0.4, -0.2) is 89.2 Å². The normalized spacial score (nSPS) is 25.5. The van der Waals surface area contributed by atoms with Gasteiger partial charge in [0, 0.05) is 32.1 Å². The van der Waals surface area contributed by atoms with Gasteiger partial charge in [-0.3, -0.25) is 9.35 Å². The van der Waals surface area contributed by atoms with Crippen molar-refractivity contribution in [1.82, 2.24) is 20.2 Å². The van der Waals surface area contributed by atoms with Gasteiger partial charge >= 0.3 is 22.5 Å². The van der Waals surface area contributed by atoms with Crippen LogP contribution >= 0.6 is 0 Å². The van der Waals surface area contributed by atoms with Crippen molar-refractivity contribution in [3.05, 3.63) is 0 Å². The predicted octanol–water partition coefficient (Wildman–Crippen LogP) is 0.115. The van der Waals surface area contributed by atoms with Crippen LogP contribution in [-0.2, 0) is 24.2 Å². The lowest BCUT2D eigenvalue weighted by Gasteiger charge is -2.35. The molecule has 2 bridgehead atoms. The first-order valence-electron chi connectivity index (χ1n) is 9.39. The zero-order valence-corrected chi connectivity index (χ0v) is 17.3. The van der Waals surface area contributed by atoms with Gasteiger partial charge in [-0.1, -0.05) is 0 Å². The van der Waals surface area contributed by atoms with Crippen LogP contribution in [0.2, 0.25) is 0 Å². The second-order valence-electron chi connectivity index (χ2n) is 8.42. The topological polar surface area (TPSA) is 146 Å². The Morgan fingerprint density at radius 2 is 1.83 bits per heavy atom. The van der Waals surface area contributed by atoms with Gasteiger partial charge in [0.1, 0.15) is 11.6 Å². The molecule has 0 aromatic rings. The maximum absolute atomic E-state index is 12.6. The molecule has 3 rings (SSSR count). The maximum Gasteiger partial charge on any atom is 0.418 e. The summed E-state index contributed by atoms with van der Waals surface area (Å²) < 4.78 is 40.1. The summed E-state index contributed by atoms with van der Waals surface area (Å²) in [5.41, 5.74) is -0.572. The summed E-state index contributed by atoms with van der Waals surface area (Å²) in [6.07, 6.45) is 0.940. The molecule has 0 radical (unpaired) electrons. The summed E-state index contributed by atoms with van der Waals surface area (Å²) in [5.74, 6) is -0.330. The number of ether oxygens (including phenoxy) is 1. The highest BCUT2D eigenvalue weighted by Crippen LogP contribution is 2.32. The van der Waals surface area contributed by atoms with E-state index in [9.17, 15) is 22.8 Å². The highest BCUT2D eigenvalue weighted by Gasteiger charge is 2.53. The Labute approximate surface area is 169 Å². The number of hydroxylamine groups is 2. The number of piperidine rings is 1. The number of urea groups is 1. The van der Waals surface area contributed by atoms with Crippen LogP contribution < -0.4 is 5.32 Å². The van der Waals surface area contributed by atoms with Gasteiger partial charge < -0.3 is 19.9 Å². The average molecular weight is 434 g/mol. The maximum atomic E-state index is 12.6. The van der Waals surface area contributed by atoms with Crippen molar-refractivity contribution in [2.24, 2.45) is 0 Å². The van der Waals surface area contributed by atoms with Crippen molar-refractivity contribution in [2.45, 2.75) is 63.8 Å². The van der Waals surface area contributed by atoms with Gasteiger partial charge in [-0.25, -0.2) is 9.59 Å².